The van der Waals surface area contributed by atoms with E-state index in [2.05, 4.69) is 35.6 Å². The van der Waals surface area contributed by atoms with Crippen molar-refractivity contribution in [2.45, 2.75) is 39.5 Å². The monoisotopic (exact) mass is 286 g/mol. The highest BCUT2D eigenvalue weighted by atomic mass is 16.1. The molecule has 0 spiro atoms. The van der Waals surface area contributed by atoms with E-state index in [-0.39, 0.29) is 5.91 Å². The minimum absolute atomic E-state index is 0.00385. The van der Waals surface area contributed by atoms with Crippen LogP contribution >= 0.6 is 0 Å². The molecule has 0 fully saturated rings. The first kappa shape index (κ1) is 17.2. The van der Waals surface area contributed by atoms with Gasteiger partial charge in [0.2, 0.25) is 5.91 Å². The highest BCUT2D eigenvalue weighted by Gasteiger charge is 2.13. The van der Waals surface area contributed by atoms with Crippen LogP contribution in [0.1, 0.15) is 39.5 Å². The van der Waals surface area contributed by atoms with Crippen molar-refractivity contribution in [3.05, 3.63) is 48.2 Å². The van der Waals surface area contributed by atoms with Gasteiger partial charge in [0.1, 0.15) is 0 Å². The van der Waals surface area contributed by atoms with Crippen LogP contribution in [-0.4, -0.2) is 18.7 Å². The minimum Gasteiger partial charge on any atom is -0.352 e. The van der Waals surface area contributed by atoms with Crippen LogP contribution in [0.2, 0.25) is 0 Å². The second kappa shape index (κ2) is 9.11. The fourth-order valence-electron chi connectivity index (χ4n) is 2.28. The third-order valence-electron chi connectivity index (χ3n) is 3.46. The van der Waals surface area contributed by atoms with Crippen LogP contribution in [0.25, 0.3) is 0 Å². The summed E-state index contributed by atoms with van der Waals surface area (Å²) in [4.78, 5) is 16.1. The van der Waals surface area contributed by atoms with Crippen LogP contribution in [0.3, 0.4) is 0 Å². The maximum Gasteiger partial charge on any atom is 0.247 e. The van der Waals surface area contributed by atoms with E-state index in [0.29, 0.717) is 18.9 Å². The first-order valence-corrected chi connectivity index (χ1v) is 7.54. The molecule has 0 bridgehead atoms. The third-order valence-corrected chi connectivity index (χ3v) is 3.46. The van der Waals surface area contributed by atoms with E-state index >= 15 is 0 Å². The number of amides is 1. The molecule has 1 atom stereocenters. The highest BCUT2D eigenvalue weighted by molar-refractivity contribution is 5.97. The quantitative estimate of drug-likeness (QED) is 0.558. The first-order chi connectivity index (χ1) is 10.0. The Hall–Kier alpha value is -1.90. The van der Waals surface area contributed by atoms with Gasteiger partial charge in [0, 0.05) is 24.0 Å². The first-order valence-electron chi connectivity index (χ1n) is 7.54. The Balaban J connectivity index is 2.39. The Kier molecular flexibility index (Phi) is 7.44. The van der Waals surface area contributed by atoms with Crippen molar-refractivity contribution in [3.63, 3.8) is 0 Å². The van der Waals surface area contributed by atoms with E-state index in [1.807, 2.05) is 13.8 Å². The zero-order valence-electron chi connectivity index (χ0n) is 13.2. The van der Waals surface area contributed by atoms with E-state index in [1.165, 1.54) is 5.57 Å². The lowest BCUT2D eigenvalue weighted by Crippen LogP contribution is -2.27. The van der Waals surface area contributed by atoms with Crippen LogP contribution in [0.4, 0.5) is 0 Å². The Morgan fingerprint density at radius 2 is 2.33 bits per heavy atom. The van der Waals surface area contributed by atoms with Crippen LogP contribution in [0, 0.1) is 5.92 Å². The molecule has 0 saturated carbocycles. The van der Waals surface area contributed by atoms with Crippen molar-refractivity contribution in [2.75, 3.05) is 6.54 Å². The molecule has 0 aromatic rings. The number of carbonyl (C=O) groups is 1. The van der Waals surface area contributed by atoms with Gasteiger partial charge in [0.05, 0.1) is 0 Å². The van der Waals surface area contributed by atoms with E-state index < -0.39 is 0 Å². The second-order valence-electron chi connectivity index (χ2n) is 5.47. The van der Waals surface area contributed by atoms with Crippen molar-refractivity contribution in [2.24, 2.45) is 10.9 Å². The molecule has 1 N–H and O–H groups in total. The molecule has 3 nitrogen and oxygen atoms in total. The molecule has 0 aromatic heterocycles. The molecule has 0 aromatic carbocycles. The lowest BCUT2D eigenvalue weighted by molar-refractivity contribution is -0.117. The summed E-state index contributed by atoms with van der Waals surface area (Å²) in [5.41, 5.74) is 2.66. The Morgan fingerprint density at radius 1 is 1.57 bits per heavy atom. The maximum atomic E-state index is 12.1. The summed E-state index contributed by atoms with van der Waals surface area (Å²) in [7, 11) is 0. The van der Waals surface area contributed by atoms with Gasteiger partial charge in [-0.15, -0.1) is 0 Å². The van der Waals surface area contributed by atoms with E-state index in [9.17, 15) is 4.79 Å². The number of carbonyl (C=O) groups excluding carboxylic acids is 1. The standard InChI is InChI=1S/C18H26N2O/c1-5-17(10-12-19-14(2)3)18(21)20-11-9-16-8-6-7-15(4)13-16/h6-7,10,12,16H,2,4-5,8-9,11,13H2,1,3H3,(H,20,21)/b17-10+,19-12?. The molecule has 0 aliphatic heterocycles. The average Bonchev–Trinajstić information content (AvgIpc) is 2.43. The molecule has 1 rings (SSSR count). The van der Waals surface area contributed by atoms with Gasteiger partial charge in [-0.05, 0) is 44.6 Å². The van der Waals surface area contributed by atoms with E-state index in [0.717, 1.165) is 30.5 Å². The number of rotatable bonds is 7. The molecule has 21 heavy (non-hydrogen) atoms. The predicted octanol–water partition coefficient (Wildman–Crippen LogP) is 3.96. The molecular formula is C18H26N2O. The van der Waals surface area contributed by atoms with Crippen LogP contribution < -0.4 is 5.32 Å². The molecule has 0 radical (unpaired) electrons. The number of aliphatic imine (C=N–C) groups is 1. The van der Waals surface area contributed by atoms with Gasteiger partial charge < -0.3 is 5.32 Å². The fraction of sp³-hybridized carbons (Fsp3) is 0.444. The summed E-state index contributed by atoms with van der Waals surface area (Å²) in [5.74, 6) is 0.595. The van der Waals surface area contributed by atoms with Crippen molar-refractivity contribution >= 4 is 12.1 Å². The summed E-state index contributed by atoms with van der Waals surface area (Å²) in [5, 5.41) is 2.99. The van der Waals surface area contributed by atoms with Crippen molar-refractivity contribution in [1.82, 2.24) is 5.32 Å². The lowest BCUT2D eigenvalue weighted by atomic mass is 9.89. The third kappa shape index (κ3) is 6.89. The number of hydrogen-bond donors (Lipinski definition) is 1. The van der Waals surface area contributed by atoms with E-state index in [1.54, 1.807) is 12.3 Å². The van der Waals surface area contributed by atoms with Gasteiger partial charge in [0.15, 0.2) is 0 Å². The van der Waals surface area contributed by atoms with Crippen LogP contribution in [0.5, 0.6) is 0 Å². The Morgan fingerprint density at radius 3 is 2.95 bits per heavy atom. The predicted molar refractivity (Wildman–Crippen MR) is 90.3 cm³/mol. The second-order valence-corrected chi connectivity index (χ2v) is 5.47. The number of hydrogen-bond acceptors (Lipinski definition) is 2. The van der Waals surface area contributed by atoms with Crippen LogP contribution in [0.15, 0.2) is 53.2 Å². The normalized spacial score (nSPS) is 19.0. The molecule has 0 saturated heterocycles. The molecule has 1 unspecified atom stereocenters. The molecule has 1 aliphatic rings. The van der Waals surface area contributed by atoms with Crippen molar-refractivity contribution in [1.29, 1.82) is 0 Å². The van der Waals surface area contributed by atoms with Gasteiger partial charge in [-0.3, -0.25) is 9.79 Å². The van der Waals surface area contributed by atoms with Gasteiger partial charge >= 0.3 is 0 Å². The molecule has 1 aliphatic carbocycles. The summed E-state index contributed by atoms with van der Waals surface area (Å²) in [6.45, 7) is 12.2. The van der Waals surface area contributed by atoms with Gasteiger partial charge in [-0.25, -0.2) is 0 Å². The lowest BCUT2D eigenvalue weighted by Gasteiger charge is -2.19. The molecular weight excluding hydrogens is 260 g/mol. The van der Waals surface area contributed by atoms with Crippen LogP contribution in [-0.2, 0) is 4.79 Å². The molecule has 1 amide bonds. The van der Waals surface area contributed by atoms with E-state index in [4.69, 9.17) is 0 Å². The zero-order valence-corrected chi connectivity index (χ0v) is 13.2. The SMILES string of the molecule is C=C1C=CCC(CCNC(=O)/C(=C/C=NC(=C)C)CC)C1. The highest BCUT2D eigenvalue weighted by Crippen LogP contribution is 2.23. The zero-order chi connectivity index (χ0) is 15.7. The molecule has 0 heterocycles. The molecule has 3 heteroatoms. The van der Waals surface area contributed by atoms with Gasteiger partial charge in [-0.2, -0.15) is 0 Å². The fourth-order valence-corrected chi connectivity index (χ4v) is 2.28. The molecule has 114 valence electrons. The Labute approximate surface area is 128 Å². The van der Waals surface area contributed by atoms with Gasteiger partial charge in [-0.1, -0.05) is 37.8 Å². The van der Waals surface area contributed by atoms with Crippen molar-refractivity contribution < 1.29 is 4.79 Å². The largest absolute Gasteiger partial charge is 0.352 e. The maximum absolute atomic E-state index is 12.1. The number of nitrogens with zero attached hydrogens (tertiary/aromatic N) is 1. The summed E-state index contributed by atoms with van der Waals surface area (Å²) >= 11 is 0. The smallest absolute Gasteiger partial charge is 0.247 e. The Bertz CT molecular complexity index is 483. The minimum atomic E-state index is -0.00385. The summed E-state index contributed by atoms with van der Waals surface area (Å²) in [6, 6.07) is 0. The number of allylic oxidation sites excluding steroid dienone is 5. The topological polar surface area (TPSA) is 41.5 Å². The summed E-state index contributed by atoms with van der Waals surface area (Å²) < 4.78 is 0. The van der Waals surface area contributed by atoms with Gasteiger partial charge in [0.25, 0.3) is 0 Å². The summed E-state index contributed by atoms with van der Waals surface area (Å²) in [6.07, 6.45) is 11.5. The average molecular weight is 286 g/mol. The van der Waals surface area contributed by atoms with Crippen molar-refractivity contribution in [3.8, 4) is 0 Å². The number of nitrogens with one attached hydrogen (secondary N) is 1.